The second-order valence-electron chi connectivity index (χ2n) is 6.43. The van der Waals surface area contributed by atoms with Crippen LogP contribution in [0.15, 0.2) is 12.4 Å². The van der Waals surface area contributed by atoms with Gasteiger partial charge >= 0.3 is 6.09 Å². The summed E-state index contributed by atoms with van der Waals surface area (Å²) >= 11 is 0. The van der Waals surface area contributed by atoms with E-state index in [1.54, 1.807) is 17.3 Å². The highest BCUT2D eigenvalue weighted by molar-refractivity contribution is 5.68. The van der Waals surface area contributed by atoms with Gasteiger partial charge in [0.15, 0.2) is 0 Å². The molecule has 0 unspecified atom stereocenters. The third-order valence-corrected chi connectivity index (χ3v) is 3.41. The summed E-state index contributed by atoms with van der Waals surface area (Å²) in [5.41, 5.74) is 0.453. The Morgan fingerprint density at radius 1 is 1.29 bits per heavy atom. The molecule has 1 saturated heterocycles. The van der Waals surface area contributed by atoms with E-state index in [0.717, 1.165) is 18.1 Å². The summed E-state index contributed by atoms with van der Waals surface area (Å²) in [6.45, 7) is 11.7. The van der Waals surface area contributed by atoms with Crippen molar-refractivity contribution in [1.82, 2.24) is 14.9 Å². The number of aryl methyl sites for hydroxylation is 1. The number of aromatic nitrogens is 2. The lowest BCUT2D eigenvalue weighted by Gasteiger charge is -2.41. The van der Waals surface area contributed by atoms with Gasteiger partial charge in [-0.15, -0.1) is 0 Å². The van der Waals surface area contributed by atoms with Crippen molar-refractivity contribution >= 4 is 11.9 Å². The van der Waals surface area contributed by atoms with Crippen molar-refractivity contribution < 1.29 is 9.53 Å². The summed E-state index contributed by atoms with van der Waals surface area (Å²) in [6.07, 6.45) is 3.15. The largest absolute Gasteiger partial charge is 0.444 e. The van der Waals surface area contributed by atoms with Crippen molar-refractivity contribution in [2.24, 2.45) is 0 Å². The molecule has 0 N–H and O–H groups in total. The van der Waals surface area contributed by atoms with Crippen molar-refractivity contribution in [2.75, 3.05) is 24.5 Å². The van der Waals surface area contributed by atoms with Crippen LogP contribution >= 0.6 is 0 Å². The number of anilines is 1. The number of ether oxygens (including phenoxy) is 1. The predicted molar refractivity (Wildman–Crippen MR) is 81.4 cm³/mol. The number of carbonyl (C=O) groups excluding carboxylic acids is 1. The lowest BCUT2D eigenvalue weighted by molar-refractivity contribution is 0.0218. The monoisotopic (exact) mass is 292 g/mol. The number of hydrogen-bond donors (Lipinski definition) is 0. The van der Waals surface area contributed by atoms with Crippen LogP contribution in [0.4, 0.5) is 10.6 Å². The van der Waals surface area contributed by atoms with Crippen molar-refractivity contribution in [1.29, 1.82) is 0 Å². The number of rotatable bonds is 1. The lowest BCUT2D eigenvalue weighted by atomic mass is 10.2. The van der Waals surface area contributed by atoms with E-state index in [-0.39, 0.29) is 12.1 Å². The fourth-order valence-corrected chi connectivity index (χ4v) is 2.45. The van der Waals surface area contributed by atoms with Crippen LogP contribution in [-0.4, -0.2) is 52.2 Å². The Kier molecular flexibility index (Phi) is 4.34. The molecule has 1 fully saturated rings. The van der Waals surface area contributed by atoms with E-state index >= 15 is 0 Å². The van der Waals surface area contributed by atoms with E-state index < -0.39 is 5.60 Å². The molecular weight excluding hydrogens is 268 g/mol. The van der Waals surface area contributed by atoms with Gasteiger partial charge < -0.3 is 14.5 Å². The van der Waals surface area contributed by atoms with Gasteiger partial charge in [0.2, 0.25) is 0 Å². The molecule has 2 heterocycles. The highest BCUT2D eigenvalue weighted by Gasteiger charge is 2.30. The van der Waals surface area contributed by atoms with Crippen LogP contribution in [0.3, 0.4) is 0 Å². The number of piperazine rings is 1. The zero-order valence-electron chi connectivity index (χ0n) is 13.5. The van der Waals surface area contributed by atoms with Crippen molar-refractivity contribution in [3.63, 3.8) is 0 Å². The number of amides is 1. The summed E-state index contributed by atoms with van der Waals surface area (Å²) in [6, 6.07) is 0.182. The fourth-order valence-electron chi connectivity index (χ4n) is 2.45. The number of nitrogens with zero attached hydrogens (tertiary/aromatic N) is 4. The molecular formula is C15H24N4O2. The topological polar surface area (TPSA) is 58.6 Å². The van der Waals surface area contributed by atoms with Gasteiger partial charge in [0, 0.05) is 38.1 Å². The maximum atomic E-state index is 12.1. The highest BCUT2D eigenvalue weighted by Crippen LogP contribution is 2.21. The molecule has 0 radical (unpaired) electrons. The summed E-state index contributed by atoms with van der Waals surface area (Å²) in [4.78, 5) is 24.8. The highest BCUT2D eigenvalue weighted by atomic mass is 16.6. The quantitative estimate of drug-likeness (QED) is 0.794. The van der Waals surface area contributed by atoms with Gasteiger partial charge in [0.1, 0.15) is 11.4 Å². The fraction of sp³-hybridized carbons (Fsp3) is 0.667. The van der Waals surface area contributed by atoms with Crippen molar-refractivity contribution in [2.45, 2.75) is 46.3 Å². The van der Waals surface area contributed by atoms with Crippen molar-refractivity contribution in [3.8, 4) is 0 Å². The van der Waals surface area contributed by atoms with Gasteiger partial charge in [-0.1, -0.05) is 0 Å². The molecule has 1 amide bonds. The zero-order chi connectivity index (χ0) is 15.6. The molecule has 6 nitrogen and oxygen atoms in total. The summed E-state index contributed by atoms with van der Waals surface area (Å²) in [5, 5.41) is 0. The molecule has 0 aliphatic carbocycles. The van der Waals surface area contributed by atoms with Crippen LogP contribution < -0.4 is 4.90 Å². The number of hydrogen-bond acceptors (Lipinski definition) is 5. The van der Waals surface area contributed by atoms with Crippen molar-refractivity contribution in [3.05, 3.63) is 18.1 Å². The Morgan fingerprint density at radius 3 is 2.52 bits per heavy atom. The maximum Gasteiger partial charge on any atom is 0.410 e. The van der Waals surface area contributed by atoms with E-state index in [1.165, 1.54) is 0 Å². The van der Waals surface area contributed by atoms with Crippen LogP contribution in [0.5, 0.6) is 0 Å². The van der Waals surface area contributed by atoms with Gasteiger partial charge in [-0.2, -0.15) is 0 Å². The minimum Gasteiger partial charge on any atom is -0.444 e. The second kappa shape index (κ2) is 5.87. The van der Waals surface area contributed by atoms with Crippen LogP contribution in [0.2, 0.25) is 0 Å². The van der Waals surface area contributed by atoms with Gasteiger partial charge in [-0.3, -0.25) is 4.98 Å². The Balaban J connectivity index is 2.03. The third kappa shape index (κ3) is 3.83. The standard InChI is InChI=1S/C15H24N4O2/c1-11-10-18(14(20)21-15(3,4)5)8-9-19(11)13-12(2)16-6-7-17-13/h6-7,11H,8-10H2,1-5H3/t11-/m1/s1. The SMILES string of the molecule is Cc1nccnc1N1CCN(C(=O)OC(C)(C)C)C[C@H]1C. The first kappa shape index (κ1) is 15.5. The molecule has 1 aliphatic heterocycles. The van der Waals surface area contributed by atoms with Crippen LogP contribution in [0.25, 0.3) is 0 Å². The molecule has 2 rings (SSSR count). The van der Waals surface area contributed by atoms with E-state index in [0.29, 0.717) is 13.1 Å². The van der Waals surface area contributed by atoms with E-state index in [1.807, 2.05) is 27.7 Å². The smallest absolute Gasteiger partial charge is 0.410 e. The first-order valence-corrected chi connectivity index (χ1v) is 7.30. The Labute approximate surface area is 126 Å². The Morgan fingerprint density at radius 2 is 1.95 bits per heavy atom. The minimum atomic E-state index is -0.459. The minimum absolute atomic E-state index is 0.182. The first-order chi connectivity index (χ1) is 9.78. The van der Waals surface area contributed by atoms with E-state index in [9.17, 15) is 4.79 Å². The van der Waals surface area contributed by atoms with Gasteiger partial charge in [0.25, 0.3) is 0 Å². The molecule has 1 aliphatic rings. The zero-order valence-corrected chi connectivity index (χ0v) is 13.5. The first-order valence-electron chi connectivity index (χ1n) is 7.30. The molecule has 0 spiro atoms. The number of carbonyl (C=O) groups is 1. The van der Waals surface area contributed by atoms with Gasteiger partial charge in [-0.25, -0.2) is 9.78 Å². The maximum absolute atomic E-state index is 12.1. The van der Waals surface area contributed by atoms with Crippen LogP contribution in [-0.2, 0) is 4.74 Å². The normalized spacial score (nSPS) is 19.6. The van der Waals surface area contributed by atoms with E-state index in [4.69, 9.17) is 4.74 Å². The molecule has 0 saturated carbocycles. The molecule has 1 atom stereocenters. The molecule has 1 aromatic heterocycles. The average Bonchev–Trinajstić information content (AvgIpc) is 2.38. The molecule has 21 heavy (non-hydrogen) atoms. The Hall–Kier alpha value is -1.85. The predicted octanol–water partition coefficient (Wildman–Crippen LogP) is 2.23. The van der Waals surface area contributed by atoms with E-state index in [2.05, 4.69) is 21.8 Å². The molecule has 0 aromatic carbocycles. The van der Waals surface area contributed by atoms with Gasteiger partial charge in [-0.05, 0) is 34.6 Å². The van der Waals surface area contributed by atoms with Crippen LogP contribution in [0.1, 0.15) is 33.4 Å². The summed E-state index contributed by atoms with van der Waals surface area (Å²) in [5.74, 6) is 0.897. The summed E-state index contributed by atoms with van der Waals surface area (Å²) < 4.78 is 5.43. The third-order valence-electron chi connectivity index (χ3n) is 3.41. The second-order valence-corrected chi connectivity index (χ2v) is 6.43. The molecule has 0 bridgehead atoms. The molecule has 1 aromatic rings. The Bertz CT molecular complexity index is 513. The van der Waals surface area contributed by atoms with Crippen LogP contribution in [0, 0.1) is 6.92 Å². The molecule has 6 heteroatoms. The molecule has 116 valence electrons. The summed E-state index contributed by atoms with van der Waals surface area (Å²) in [7, 11) is 0. The average molecular weight is 292 g/mol. The van der Waals surface area contributed by atoms with Gasteiger partial charge in [0.05, 0.1) is 5.69 Å². The lowest BCUT2D eigenvalue weighted by Crippen LogP contribution is -2.55.